The van der Waals surface area contributed by atoms with Gasteiger partial charge in [0.25, 0.3) is 5.91 Å². The first kappa shape index (κ1) is 13.6. The highest BCUT2D eigenvalue weighted by atomic mass is 127. The van der Waals surface area contributed by atoms with Crippen molar-refractivity contribution in [3.8, 4) is 0 Å². The van der Waals surface area contributed by atoms with Crippen molar-refractivity contribution in [3.63, 3.8) is 0 Å². The number of carbonyl (C=O) groups is 1. The predicted octanol–water partition coefficient (Wildman–Crippen LogP) is -1.87. The molecule has 88 valence electrons. The van der Waals surface area contributed by atoms with Crippen LogP contribution in [0.5, 0.6) is 0 Å². The molecule has 0 fully saturated rings. The first-order chi connectivity index (χ1) is 7.75. The third kappa shape index (κ3) is 3.81. The number of benzene rings is 1. The Labute approximate surface area is 117 Å². The Morgan fingerprint density at radius 2 is 1.82 bits per heavy atom. The van der Waals surface area contributed by atoms with Crippen LogP contribution in [0, 0.1) is 0 Å². The minimum atomic E-state index is -0.401. The number of nitrogens with two attached hydrogens (primary N) is 1. The van der Waals surface area contributed by atoms with Gasteiger partial charge in [0.15, 0.2) is 18.9 Å². The van der Waals surface area contributed by atoms with Gasteiger partial charge in [-0.15, -0.1) is 0 Å². The van der Waals surface area contributed by atoms with Gasteiger partial charge in [-0.05, 0) is 6.07 Å². The molecule has 0 bridgehead atoms. The Bertz CT molecular complexity index is 500. The van der Waals surface area contributed by atoms with Crippen molar-refractivity contribution in [2.24, 2.45) is 5.73 Å². The fraction of sp³-hybridized carbons (Fsp3) is 0.0769. The van der Waals surface area contributed by atoms with Gasteiger partial charge < -0.3 is 29.7 Å². The number of nitrogens with zero attached hydrogens (tertiary/aromatic N) is 1. The minimum Gasteiger partial charge on any atom is -1.00 e. The van der Waals surface area contributed by atoms with Gasteiger partial charge in [-0.3, -0.25) is 4.79 Å². The second kappa shape index (κ2) is 6.34. The molecule has 4 heteroatoms. The van der Waals surface area contributed by atoms with E-state index in [9.17, 15) is 4.79 Å². The third-order valence-electron chi connectivity index (χ3n) is 2.35. The van der Waals surface area contributed by atoms with E-state index in [1.165, 1.54) is 5.56 Å². The Morgan fingerprint density at radius 1 is 1.12 bits per heavy atom. The summed E-state index contributed by atoms with van der Waals surface area (Å²) in [6.45, 7) is 0.738. The molecule has 1 heterocycles. The van der Waals surface area contributed by atoms with E-state index in [1.54, 1.807) is 12.3 Å². The lowest BCUT2D eigenvalue weighted by molar-refractivity contribution is -0.688. The van der Waals surface area contributed by atoms with Crippen LogP contribution in [-0.2, 0) is 6.54 Å². The van der Waals surface area contributed by atoms with Gasteiger partial charge >= 0.3 is 0 Å². The van der Waals surface area contributed by atoms with Gasteiger partial charge in [-0.25, -0.2) is 0 Å². The van der Waals surface area contributed by atoms with Crippen LogP contribution < -0.4 is 34.3 Å². The van der Waals surface area contributed by atoms with Crippen molar-refractivity contribution in [2.75, 3.05) is 0 Å². The van der Waals surface area contributed by atoms with Crippen molar-refractivity contribution in [1.29, 1.82) is 0 Å². The SMILES string of the molecule is NC(=O)c1ccc[n+](Cc2ccccc2)c1.[I-]. The molecule has 0 aliphatic heterocycles. The van der Waals surface area contributed by atoms with Crippen LogP contribution in [0.4, 0.5) is 0 Å². The Hall–Kier alpha value is -1.43. The van der Waals surface area contributed by atoms with Gasteiger partial charge in [0, 0.05) is 11.6 Å². The van der Waals surface area contributed by atoms with Crippen LogP contribution >= 0.6 is 0 Å². The molecule has 0 unspecified atom stereocenters. The lowest BCUT2D eigenvalue weighted by atomic mass is 10.2. The predicted molar refractivity (Wildman–Crippen MR) is 60.7 cm³/mol. The van der Waals surface area contributed by atoms with Gasteiger partial charge in [0.05, 0.1) is 0 Å². The van der Waals surface area contributed by atoms with E-state index < -0.39 is 5.91 Å². The van der Waals surface area contributed by atoms with E-state index >= 15 is 0 Å². The molecule has 1 aromatic carbocycles. The van der Waals surface area contributed by atoms with Gasteiger partial charge in [-0.2, -0.15) is 4.57 Å². The molecule has 3 nitrogen and oxygen atoms in total. The summed E-state index contributed by atoms with van der Waals surface area (Å²) in [5, 5.41) is 0. The third-order valence-corrected chi connectivity index (χ3v) is 2.35. The van der Waals surface area contributed by atoms with E-state index in [0.717, 1.165) is 6.54 Å². The highest BCUT2D eigenvalue weighted by Crippen LogP contribution is 1.98. The number of halogens is 1. The molecular weight excluding hydrogens is 327 g/mol. The topological polar surface area (TPSA) is 47.0 Å². The Morgan fingerprint density at radius 3 is 2.47 bits per heavy atom. The zero-order chi connectivity index (χ0) is 11.4. The summed E-state index contributed by atoms with van der Waals surface area (Å²) in [7, 11) is 0. The summed E-state index contributed by atoms with van der Waals surface area (Å²) >= 11 is 0. The van der Waals surface area contributed by atoms with E-state index in [4.69, 9.17) is 5.73 Å². The summed E-state index contributed by atoms with van der Waals surface area (Å²) in [5.41, 5.74) is 6.94. The summed E-state index contributed by atoms with van der Waals surface area (Å²) < 4.78 is 1.94. The van der Waals surface area contributed by atoms with E-state index in [-0.39, 0.29) is 24.0 Å². The van der Waals surface area contributed by atoms with Crippen LogP contribution in [0.2, 0.25) is 0 Å². The molecule has 0 aliphatic carbocycles. The van der Waals surface area contributed by atoms with Gasteiger partial charge in [0.1, 0.15) is 5.56 Å². The molecule has 1 aromatic heterocycles. The maximum atomic E-state index is 11.0. The number of rotatable bonds is 3. The molecule has 17 heavy (non-hydrogen) atoms. The van der Waals surface area contributed by atoms with Gasteiger partial charge in [-0.1, -0.05) is 30.3 Å². The highest BCUT2D eigenvalue weighted by Gasteiger charge is 2.07. The fourth-order valence-corrected chi connectivity index (χ4v) is 1.56. The second-order valence-corrected chi connectivity index (χ2v) is 3.61. The quantitative estimate of drug-likeness (QED) is 0.516. The molecule has 2 rings (SSSR count). The zero-order valence-electron chi connectivity index (χ0n) is 9.21. The standard InChI is InChI=1S/C13H12N2O.HI/c14-13(16)12-7-4-8-15(10-12)9-11-5-2-1-3-6-11;/h1-8,10H,9H2,(H-,14,16);1H. The first-order valence-electron chi connectivity index (χ1n) is 5.08. The molecule has 0 saturated carbocycles. The minimum absolute atomic E-state index is 0. The molecule has 0 saturated heterocycles. The molecule has 0 atom stereocenters. The largest absolute Gasteiger partial charge is 1.00 e. The maximum absolute atomic E-state index is 11.0. The van der Waals surface area contributed by atoms with E-state index in [2.05, 4.69) is 0 Å². The van der Waals surface area contributed by atoms with Crippen LogP contribution in [0.15, 0.2) is 54.9 Å². The molecule has 0 aliphatic rings. The van der Waals surface area contributed by atoms with Crippen molar-refractivity contribution in [3.05, 3.63) is 66.0 Å². The van der Waals surface area contributed by atoms with Crippen LogP contribution in [0.25, 0.3) is 0 Å². The maximum Gasteiger partial charge on any atom is 0.254 e. The van der Waals surface area contributed by atoms with Crippen LogP contribution in [0.3, 0.4) is 0 Å². The monoisotopic (exact) mass is 340 g/mol. The van der Waals surface area contributed by atoms with Crippen molar-refractivity contribution in [2.45, 2.75) is 6.54 Å². The molecule has 0 radical (unpaired) electrons. The number of primary amides is 1. The summed E-state index contributed by atoms with van der Waals surface area (Å²) in [5.74, 6) is -0.401. The number of carbonyl (C=O) groups excluding carboxylic acids is 1. The number of amides is 1. The molecule has 1 amide bonds. The fourth-order valence-electron chi connectivity index (χ4n) is 1.56. The molecule has 2 N–H and O–H groups in total. The molecular formula is C13H13IN2O. The molecule has 2 aromatic rings. The number of aromatic nitrogens is 1. The Balaban J connectivity index is 0.00000144. The van der Waals surface area contributed by atoms with E-state index in [1.807, 2.05) is 47.2 Å². The lowest BCUT2D eigenvalue weighted by Crippen LogP contribution is -3.00. The average Bonchev–Trinajstić information content (AvgIpc) is 2.30. The summed E-state index contributed by atoms with van der Waals surface area (Å²) in [6.07, 6.45) is 3.68. The average molecular weight is 340 g/mol. The van der Waals surface area contributed by atoms with Crippen LogP contribution in [-0.4, -0.2) is 5.91 Å². The van der Waals surface area contributed by atoms with Gasteiger partial charge in [0.2, 0.25) is 0 Å². The second-order valence-electron chi connectivity index (χ2n) is 3.61. The van der Waals surface area contributed by atoms with Crippen molar-refractivity contribution < 1.29 is 33.3 Å². The van der Waals surface area contributed by atoms with Crippen molar-refractivity contribution >= 4 is 5.91 Å². The smallest absolute Gasteiger partial charge is 0.254 e. The Kier molecular flexibility index (Phi) is 5.09. The van der Waals surface area contributed by atoms with Crippen LogP contribution in [0.1, 0.15) is 15.9 Å². The number of pyridine rings is 1. The summed E-state index contributed by atoms with van der Waals surface area (Å²) in [4.78, 5) is 11.0. The normalized spacial score (nSPS) is 9.41. The van der Waals surface area contributed by atoms with Crippen molar-refractivity contribution in [1.82, 2.24) is 0 Å². The summed E-state index contributed by atoms with van der Waals surface area (Å²) in [6, 6.07) is 13.6. The van der Waals surface area contributed by atoms with E-state index in [0.29, 0.717) is 5.56 Å². The number of hydrogen-bond donors (Lipinski definition) is 1. The first-order valence-corrected chi connectivity index (χ1v) is 5.08. The lowest BCUT2D eigenvalue weighted by Gasteiger charge is -1.98. The highest BCUT2D eigenvalue weighted by molar-refractivity contribution is 5.92. The molecule has 0 spiro atoms. The number of hydrogen-bond acceptors (Lipinski definition) is 1. The zero-order valence-corrected chi connectivity index (χ0v) is 11.4.